The van der Waals surface area contributed by atoms with Crippen molar-refractivity contribution in [1.29, 1.82) is 0 Å². The first-order valence-corrected chi connectivity index (χ1v) is 8.84. The van der Waals surface area contributed by atoms with E-state index in [0.29, 0.717) is 26.0 Å². The van der Waals surface area contributed by atoms with Gasteiger partial charge in [0.2, 0.25) is 5.91 Å². The lowest BCUT2D eigenvalue weighted by Crippen LogP contribution is -2.39. The maximum atomic E-state index is 12.3. The highest BCUT2D eigenvalue weighted by Gasteiger charge is 2.35. The molecule has 1 fully saturated rings. The molecule has 1 saturated carbocycles. The molecule has 0 unspecified atom stereocenters. The van der Waals surface area contributed by atoms with Crippen molar-refractivity contribution in [2.45, 2.75) is 52.0 Å². The van der Waals surface area contributed by atoms with Crippen LogP contribution in [-0.4, -0.2) is 23.6 Å². The summed E-state index contributed by atoms with van der Waals surface area (Å²) in [6, 6.07) is 7.66. The van der Waals surface area contributed by atoms with E-state index in [1.807, 2.05) is 24.3 Å². The Hall–Kier alpha value is -2.04. The molecule has 5 heteroatoms. The van der Waals surface area contributed by atoms with E-state index in [-0.39, 0.29) is 5.91 Å². The van der Waals surface area contributed by atoms with Crippen LogP contribution in [0.2, 0.25) is 0 Å². The number of amides is 1. The molecule has 2 N–H and O–H groups in total. The molecule has 0 heterocycles. The number of carboxylic acids is 1. The van der Waals surface area contributed by atoms with Gasteiger partial charge in [-0.1, -0.05) is 38.3 Å². The minimum absolute atomic E-state index is 0.148. The number of rotatable bonds is 8. The molecule has 2 rings (SSSR count). The average molecular weight is 333 g/mol. The number of hydrogen-bond donors (Lipinski definition) is 2. The van der Waals surface area contributed by atoms with Crippen LogP contribution in [0, 0.1) is 11.8 Å². The maximum Gasteiger partial charge on any atom is 0.307 e. The van der Waals surface area contributed by atoms with E-state index in [1.165, 1.54) is 0 Å². The number of hydrogen-bond acceptors (Lipinski definition) is 3. The Morgan fingerprint density at radius 2 is 1.83 bits per heavy atom. The molecule has 1 aliphatic carbocycles. The molecule has 1 aliphatic rings. The Balaban J connectivity index is 1.83. The van der Waals surface area contributed by atoms with Gasteiger partial charge in [0.1, 0.15) is 5.75 Å². The van der Waals surface area contributed by atoms with Gasteiger partial charge in [-0.25, -0.2) is 0 Å². The topological polar surface area (TPSA) is 75.6 Å². The highest BCUT2D eigenvalue weighted by atomic mass is 16.5. The van der Waals surface area contributed by atoms with Crippen molar-refractivity contribution in [3.63, 3.8) is 0 Å². The summed E-state index contributed by atoms with van der Waals surface area (Å²) in [5, 5.41) is 12.2. The van der Waals surface area contributed by atoms with E-state index in [2.05, 4.69) is 12.2 Å². The fraction of sp³-hybridized carbons (Fsp3) is 0.579. The first kappa shape index (κ1) is 18.3. The lowest BCUT2D eigenvalue weighted by atomic mass is 9.78. The van der Waals surface area contributed by atoms with Crippen molar-refractivity contribution >= 4 is 11.9 Å². The van der Waals surface area contributed by atoms with Crippen LogP contribution in [0.15, 0.2) is 24.3 Å². The molecule has 0 spiro atoms. The van der Waals surface area contributed by atoms with E-state index >= 15 is 0 Å². The maximum absolute atomic E-state index is 12.3. The van der Waals surface area contributed by atoms with E-state index in [0.717, 1.165) is 37.0 Å². The second-order valence-electron chi connectivity index (χ2n) is 6.40. The van der Waals surface area contributed by atoms with Gasteiger partial charge in [-0.2, -0.15) is 0 Å². The SMILES string of the molecule is CCCCOc1ccc(CNC(=O)[C@@H]2CCCC[C@H]2C(=O)O)cc1. The average Bonchev–Trinajstić information content (AvgIpc) is 2.61. The van der Waals surface area contributed by atoms with Gasteiger partial charge < -0.3 is 15.2 Å². The summed E-state index contributed by atoms with van der Waals surface area (Å²) in [5.41, 5.74) is 0.980. The molecular weight excluding hydrogens is 306 g/mol. The predicted octanol–water partition coefficient (Wildman–Crippen LogP) is 3.37. The van der Waals surface area contributed by atoms with Crippen LogP contribution in [0.5, 0.6) is 5.75 Å². The van der Waals surface area contributed by atoms with Gasteiger partial charge in [0, 0.05) is 6.54 Å². The van der Waals surface area contributed by atoms with Gasteiger partial charge in [0.05, 0.1) is 18.4 Å². The first-order valence-electron chi connectivity index (χ1n) is 8.84. The summed E-state index contributed by atoms with van der Waals surface area (Å²) < 4.78 is 5.61. The minimum Gasteiger partial charge on any atom is -0.494 e. The summed E-state index contributed by atoms with van der Waals surface area (Å²) in [4.78, 5) is 23.6. The zero-order chi connectivity index (χ0) is 17.4. The molecular formula is C19H27NO4. The lowest BCUT2D eigenvalue weighted by molar-refractivity contribution is -0.148. The van der Waals surface area contributed by atoms with Gasteiger partial charge in [0.15, 0.2) is 0 Å². The second-order valence-corrected chi connectivity index (χ2v) is 6.40. The number of carboxylic acid groups (broad SMARTS) is 1. The first-order chi connectivity index (χ1) is 11.6. The fourth-order valence-corrected chi connectivity index (χ4v) is 3.10. The fourth-order valence-electron chi connectivity index (χ4n) is 3.10. The third-order valence-corrected chi connectivity index (χ3v) is 4.58. The van der Waals surface area contributed by atoms with Gasteiger partial charge in [0.25, 0.3) is 0 Å². The molecule has 0 bridgehead atoms. The largest absolute Gasteiger partial charge is 0.494 e. The molecule has 1 aromatic carbocycles. The molecule has 0 aliphatic heterocycles. The summed E-state index contributed by atoms with van der Waals surface area (Å²) in [6.45, 7) is 3.25. The normalized spacial score (nSPS) is 20.4. The Bertz CT molecular complexity index is 541. The lowest BCUT2D eigenvalue weighted by Gasteiger charge is -2.27. The number of aliphatic carboxylic acids is 1. The Kier molecular flexibility index (Phi) is 7.09. The molecule has 0 radical (unpaired) electrons. The van der Waals surface area contributed by atoms with Crippen molar-refractivity contribution in [3.05, 3.63) is 29.8 Å². The summed E-state index contributed by atoms with van der Waals surface area (Å²) in [7, 11) is 0. The van der Waals surface area contributed by atoms with Crippen LogP contribution in [0.1, 0.15) is 51.0 Å². The summed E-state index contributed by atoms with van der Waals surface area (Å²) in [5.74, 6) is -1.13. The van der Waals surface area contributed by atoms with Crippen LogP contribution in [0.3, 0.4) is 0 Å². The Morgan fingerprint density at radius 3 is 2.46 bits per heavy atom. The molecule has 24 heavy (non-hydrogen) atoms. The monoisotopic (exact) mass is 333 g/mol. The number of nitrogens with one attached hydrogen (secondary N) is 1. The second kappa shape index (κ2) is 9.30. The number of carbonyl (C=O) groups is 2. The van der Waals surface area contributed by atoms with Crippen molar-refractivity contribution in [2.75, 3.05) is 6.61 Å². The summed E-state index contributed by atoms with van der Waals surface area (Å²) >= 11 is 0. The highest BCUT2D eigenvalue weighted by molar-refractivity contribution is 5.84. The molecule has 5 nitrogen and oxygen atoms in total. The minimum atomic E-state index is -0.858. The smallest absolute Gasteiger partial charge is 0.307 e. The Morgan fingerprint density at radius 1 is 1.17 bits per heavy atom. The van der Waals surface area contributed by atoms with E-state index in [1.54, 1.807) is 0 Å². The van der Waals surface area contributed by atoms with Gasteiger partial charge >= 0.3 is 5.97 Å². The van der Waals surface area contributed by atoms with Crippen LogP contribution in [-0.2, 0) is 16.1 Å². The quantitative estimate of drug-likeness (QED) is 0.715. The van der Waals surface area contributed by atoms with Crippen LogP contribution < -0.4 is 10.1 Å². The van der Waals surface area contributed by atoms with Gasteiger partial charge in [-0.15, -0.1) is 0 Å². The predicted molar refractivity (Wildman–Crippen MR) is 91.8 cm³/mol. The van der Waals surface area contributed by atoms with E-state index in [4.69, 9.17) is 4.74 Å². The Labute approximate surface area is 143 Å². The molecule has 2 atom stereocenters. The number of carbonyl (C=O) groups excluding carboxylic acids is 1. The van der Waals surface area contributed by atoms with Crippen molar-refractivity contribution < 1.29 is 19.4 Å². The van der Waals surface area contributed by atoms with Crippen LogP contribution >= 0.6 is 0 Å². The molecule has 1 amide bonds. The number of unbranched alkanes of at least 4 members (excludes halogenated alkanes) is 1. The van der Waals surface area contributed by atoms with Crippen molar-refractivity contribution in [2.24, 2.45) is 11.8 Å². The van der Waals surface area contributed by atoms with Crippen molar-refractivity contribution in [3.8, 4) is 5.75 Å². The zero-order valence-electron chi connectivity index (χ0n) is 14.3. The van der Waals surface area contributed by atoms with Gasteiger partial charge in [-0.3, -0.25) is 9.59 Å². The molecule has 0 saturated heterocycles. The molecule has 0 aromatic heterocycles. The van der Waals surface area contributed by atoms with Crippen LogP contribution in [0.4, 0.5) is 0 Å². The highest BCUT2D eigenvalue weighted by Crippen LogP contribution is 2.30. The zero-order valence-corrected chi connectivity index (χ0v) is 14.3. The summed E-state index contributed by atoms with van der Waals surface area (Å²) in [6.07, 6.45) is 5.20. The molecule has 1 aromatic rings. The number of ether oxygens (including phenoxy) is 1. The third kappa shape index (κ3) is 5.25. The molecule has 132 valence electrons. The van der Waals surface area contributed by atoms with Crippen molar-refractivity contribution in [1.82, 2.24) is 5.32 Å². The van der Waals surface area contributed by atoms with E-state index in [9.17, 15) is 14.7 Å². The number of benzene rings is 1. The standard InChI is InChI=1S/C19H27NO4/c1-2-3-12-24-15-10-8-14(9-11-15)13-20-18(21)16-6-4-5-7-17(16)19(22)23/h8-11,16-17H,2-7,12-13H2,1H3,(H,20,21)(H,22,23)/t16-,17-/m1/s1. The third-order valence-electron chi connectivity index (χ3n) is 4.58. The van der Waals surface area contributed by atoms with Gasteiger partial charge in [-0.05, 0) is 37.0 Å². The van der Waals surface area contributed by atoms with E-state index < -0.39 is 17.8 Å². The van der Waals surface area contributed by atoms with Crippen LogP contribution in [0.25, 0.3) is 0 Å².